The molecule has 1 aromatic carbocycles. The SMILES string of the molecule is COc1ccc(C(O)C2CCC(C(C)(C)C)CC2)cc1C. The van der Waals surface area contributed by atoms with Crippen molar-refractivity contribution in [3.05, 3.63) is 29.3 Å². The minimum Gasteiger partial charge on any atom is -0.496 e. The standard InChI is InChI=1S/C19H30O2/c1-13-12-15(8-11-17(13)21-5)18(20)14-6-9-16(10-7-14)19(2,3)4/h8,11-12,14,16,18,20H,6-7,9-10H2,1-5H3. The molecule has 0 heterocycles. The lowest BCUT2D eigenvalue weighted by molar-refractivity contribution is 0.0527. The Morgan fingerprint density at radius 3 is 2.24 bits per heavy atom. The number of benzene rings is 1. The molecule has 1 aliphatic rings. The topological polar surface area (TPSA) is 29.5 Å². The van der Waals surface area contributed by atoms with Crippen LogP contribution in [0.4, 0.5) is 0 Å². The lowest BCUT2D eigenvalue weighted by Gasteiger charge is -2.38. The summed E-state index contributed by atoms with van der Waals surface area (Å²) in [7, 11) is 1.69. The summed E-state index contributed by atoms with van der Waals surface area (Å²) in [5.74, 6) is 2.08. The van der Waals surface area contributed by atoms with Crippen molar-refractivity contribution in [2.45, 2.75) is 59.5 Å². The number of aryl methyl sites for hydroxylation is 1. The molecule has 1 atom stereocenters. The molecule has 1 fully saturated rings. The van der Waals surface area contributed by atoms with Crippen molar-refractivity contribution in [2.75, 3.05) is 7.11 Å². The molecule has 0 spiro atoms. The predicted octanol–water partition coefficient (Wildman–Crippen LogP) is 4.89. The summed E-state index contributed by atoms with van der Waals surface area (Å²) < 4.78 is 5.30. The monoisotopic (exact) mass is 290 g/mol. The average molecular weight is 290 g/mol. The van der Waals surface area contributed by atoms with Crippen LogP contribution >= 0.6 is 0 Å². The summed E-state index contributed by atoms with van der Waals surface area (Å²) >= 11 is 0. The quantitative estimate of drug-likeness (QED) is 0.859. The molecule has 2 rings (SSSR count). The molecule has 2 heteroatoms. The molecular weight excluding hydrogens is 260 g/mol. The van der Waals surface area contributed by atoms with Crippen LogP contribution in [0.25, 0.3) is 0 Å². The third kappa shape index (κ3) is 3.79. The summed E-state index contributed by atoms with van der Waals surface area (Å²) in [6, 6.07) is 6.04. The van der Waals surface area contributed by atoms with Gasteiger partial charge in [0, 0.05) is 0 Å². The highest BCUT2D eigenvalue weighted by Crippen LogP contribution is 2.43. The van der Waals surface area contributed by atoms with Crippen LogP contribution in [0, 0.1) is 24.2 Å². The van der Waals surface area contributed by atoms with Gasteiger partial charge in [0.05, 0.1) is 13.2 Å². The van der Waals surface area contributed by atoms with E-state index in [2.05, 4.69) is 26.8 Å². The molecule has 118 valence electrons. The molecule has 21 heavy (non-hydrogen) atoms. The van der Waals surface area contributed by atoms with E-state index < -0.39 is 0 Å². The summed E-state index contributed by atoms with van der Waals surface area (Å²) in [6.45, 7) is 9.04. The van der Waals surface area contributed by atoms with Gasteiger partial charge >= 0.3 is 0 Å². The summed E-state index contributed by atoms with van der Waals surface area (Å²) in [5, 5.41) is 10.7. The largest absolute Gasteiger partial charge is 0.496 e. The second-order valence-corrected chi connectivity index (χ2v) is 7.65. The minimum atomic E-state index is -0.337. The molecule has 0 aliphatic heterocycles. The van der Waals surface area contributed by atoms with Crippen LogP contribution in [0.1, 0.15) is 63.7 Å². The number of rotatable bonds is 3. The molecular formula is C19H30O2. The third-order valence-electron chi connectivity index (χ3n) is 5.20. The zero-order valence-corrected chi connectivity index (χ0v) is 14.1. The van der Waals surface area contributed by atoms with Crippen molar-refractivity contribution in [3.63, 3.8) is 0 Å². The Kier molecular flexibility index (Phi) is 4.98. The molecule has 1 aromatic rings. The molecule has 0 amide bonds. The van der Waals surface area contributed by atoms with Crippen LogP contribution < -0.4 is 4.74 Å². The van der Waals surface area contributed by atoms with Gasteiger partial charge in [-0.25, -0.2) is 0 Å². The van der Waals surface area contributed by atoms with Crippen molar-refractivity contribution < 1.29 is 9.84 Å². The van der Waals surface area contributed by atoms with Gasteiger partial charge in [0.15, 0.2) is 0 Å². The van der Waals surface area contributed by atoms with Crippen molar-refractivity contribution in [1.82, 2.24) is 0 Å². The highest BCUT2D eigenvalue weighted by atomic mass is 16.5. The van der Waals surface area contributed by atoms with Crippen LogP contribution in [0.5, 0.6) is 5.75 Å². The van der Waals surface area contributed by atoms with Gasteiger partial charge in [0.1, 0.15) is 5.75 Å². The number of aliphatic hydroxyl groups is 1. The van der Waals surface area contributed by atoms with Crippen molar-refractivity contribution in [1.29, 1.82) is 0 Å². The van der Waals surface area contributed by atoms with Gasteiger partial charge in [0.25, 0.3) is 0 Å². The van der Waals surface area contributed by atoms with Crippen LogP contribution in [0.15, 0.2) is 18.2 Å². The highest BCUT2D eigenvalue weighted by Gasteiger charge is 2.32. The maximum Gasteiger partial charge on any atom is 0.121 e. The average Bonchev–Trinajstić information content (AvgIpc) is 2.45. The number of aliphatic hydroxyl groups excluding tert-OH is 1. The van der Waals surface area contributed by atoms with E-state index in [-0.39, 0.29) is 6.10 Å². The fourth-order valence-corrected chi connectivity index (χ4v) is 3.66. The molecule has 0 bridgehead atoms. The molecule has 1 aliphatic carbocycles. The van der Waals surface area contributed by atoms with Gasteiger partial charge in [-0.2, -0.15) is 0 Å². The fraction of sp³-hybridized carbons (Fsp3) is 0.684. The van der Waals surface area contributed by atoms with E-state index in [0.717, 1.165) is 35.6 Å². The smallest absolute Gasteiger partial charge is 0.121 e. The van der Waals surface area contributed by atoms with Crippen molar-refractivity contribution in [2.24, 2.45) is 17.3 Å². The maximum atomic E-state index is 10.7. The number of hydrogen-bond donors (Lipinski definition) is 1. The van der Waals surface area contributed by atoms with Crippen LogP contribution in [0.2, 0.25) is 0 Å². The molecule has 0 saturated heterocycles. The Labute approximate surface area is 129 Å². The Morgan fingerprint density at radius 1 is 1.14 bits per heavy atom. The Hall–Kier alpha value is -1.02. The third-order valence-corrected chi connectivity index (χ3v) is 5.20. The number of ether oxygens (including phenoxy) is 1. The molecule has 0 radical (unpaired) electrons. The molecule has 0 aromatic heterocycles. The fourth-order valence-electron chi connectivity index (χ4n) is 3.66. The molecule has 1 N–H and O–H groups in total. The Balaban J connectivity index is 2.02. The highest BCUT2D eigenvalue weighted by molar-refractivity contribution is 5.37. The summed E-state index contributed by atoms with van der Waals surface area (Å²) in [6.07, 6.45) is 4.40. The first-order valence-corrected chi connectivity index (χ1v) is 8.15. The molecule has 1 saturated carbocycles. The minimum absolute atomic E-state index is 0.337. The zero-order chi connectivity index (χ0) is 15.6. The Bertz CT molecular complexity index is 465. The zero-order valence-electron chi connectivity index (χ0n) is 14.1. The van der Waals surface area contributed by atoms with E-state index in [1.54, 1.807) is 7.11 Å². The predicted molar refractivity (Wildman–Crippen MR) is 87.6 cm³/mol. The van der Waals surface area contributed by atoms with Gasteiger partial charge in [0.2, 0.25) is 0 Å². The maximum absolute atomic E-state index is 10.7. The van der Waals surface area contributed by atoms with E-state index in [1.807, 2.05) is 19.1 Å². The van der Waals surface area contributed by atoms with Crippen LogP contribution in [-0.2, 0) is 0 Å². The van der Waals surface area contributed by atoms with Gasteiger partial charge in [-0.05, 0) is 73.1 Å². The van der Waals surface area contributed by atoms with Gasteiger partial charge in [-0.15, -0.1) is 0 Å². The van der Waals surface area contributed by atoms with E-state index >= 15 is 0 Å². The molecule has 2 nitrogen and oxygen atoms in total. The first-order chi connectivity index (χ1) is 9.82. The summed E-state index contributed by atoms with van der Waals surface area (Å²) in [4.78, 5) is 0. The van der Waals surface area contributed by atoms with Crippen molar-refractivity contribution in [3.8, 4) is 5.75 Å². The normalized spacial score (nSPS) is 24.7. The van der Waals surface area contributed by atoms with E-state index in [9.17, 15) is 5.11 Å². The second kappa shape index (κ2) is 6.39. The molecule has 1 unspecified atom stereocenters. The van der Waals surface area contributed by atoms with Gasteiger partial charge in [-0.1, -0.05) is 26.8 Å². The lowest BCUT2D eigenvalue weighted by atomic mass is 9.68. The number of methoxy groups -OCH3 is 1. The van der Waals surface area contributed by atoms with E-state index in [1.165, 1.54) is 12.8 Å². The van der Waals surface area contributed by atoms with Gasteiger partial charge < -0.3 is 9.84 Å². The van der Waals surface area contributed by atoms with Crippen LogP contribution in [-0.4, -0.2) is 12.2 Å². The van der Waals surface area contributed by atoms with Gasteiger partial charge in [-0.3, -0.25) is 0 Å². The van der Waals surface area contributed by atoms with E-state index in [0.29, 0.717) is 11.3 Å². The number of hydrogen-bond acceptors (Lipinski definition) is 2. The van der Waals surface area contributed by atoms with E-state index in [4.69, 9.17) is 4.74 Å². The Morgan fingerprint density at radius 2 is 1.76 bits per heavy atom. The first-order valence-electron chi connectivity index (χ1n) is 8.15. The van der Waals surface area contributed by atoms with Crippen LogP contribution in [0.3, 0.4) is 0 Å². The van der Waals surface area contributed by atoms with Crippen molar-refractivity contribution >= 4 is 0 Å². The summed E-state index contributed by atoms with van der Waals surface area (Å²) in [5.41, 5.74) is 2.53. The second-order valence-electron chi connectivity index (χ2n) is 7.65. The lowest BCUT2D eigenvalue weighted by Crippen LogP contribution is -2.28. The first kappa shape index (κ1) is 16.4.